The van der Waals surface area contributed by atoms with Crippen LogP contribution >= 0.6 is 0 Å². The first kappa shape index (κ1) is 13.4. The van der Waals surface area contributed by atoms with Crippen LogP contribution in [0.2, 0.25) is 0 Å². The van der Waals surface area contributed by atoms with Gasteiger partial charge in [-0.05, 0) is 20.8 Å². The Hall–Kier alpha value is -1.69. The van der Waals surface area contributed by atoms with Gasteiger partial charge in [-0.25, -0.2) is 4.98 Å². The first-order valence-corrected chi connectivity index (χ1v) is 5.38. The second-order valence-electron chi connectivity index (χ2n) is 3.68. The Morgan fingerprint density at radius 2 is 2.24 bits per heavy atom. The number of carboxylic acid groups (broad SMARTS) is 1. The van der Waals surface area contributed by atoms with Gasteiger partial charge in [0.25, 0.3) is 5.56 Å². The van der Waals surface area contributed by atoms with Crippen LogP contribution in [0.1, 0.15) is 37.0 Å². The van der Waals surface area contributed by atoms with Crippen LogP contribution in [0, 0.1) is 6.92 Å². The zero-order valence-electron chi connectivity index (χ0n) is 10.1. The number of hydrogen-bond acceptors (Lipinski definition) is 4. The second kappa shape index (κ2) is 5.58. The van der Waals surface area contributed by atoms with Gasteiger partial charge < -0.3 is 14.8 Å². The van der Waals surface area contributed by atoms with Gasteiger partial charge in [0.15, 0.2) is 0 Å². The van der Waals surface area contributed by atoms with E-state index in [9.17, 15) is 9.59 Å². The fourth-order valence-electron chi connectivity index (χ4n) is 1.51. The van der Waals surface area contributed by atoms with Crippen LogP contribution in [-0.2, 0) is 16.0 Å². The minimum absolute atomic E-state index is 0.185. The highest BCUT2D eigenvalue weighted by atomic mass is 16.5. The highest BCUT2D eigenvalue weighted by molar-refractivity contribution is 5.70. The molecular weight excluding hydrogens is 224 g/mol. The number of aryl methyl sites for hydroxylation is 1. The smallest absolute Gasteiger partial charge is 0.308 e. The summed E-state index contributed by atoms with van der Waals surface area (Å²) in [6.45, 7) is 5.76. The molecule has 0 radical (unpaired) electrons. The van der Waals surface area contributed by atoms with Gasteiger partial charge in [0.2, 0.25) is 0 Å². The normalized spacial score (nSPS) is 12.4. The Labute approximate surface area is 98.7 Å². The molecule has 1 heterocycles. The molecule has 1 unspecified atom stereocenters. The predicted octanol–water partition coefficient (Wildman–Crippen LogP) is 0.803. The van der Waals surface area contributed by atoms with E-state index in [-0.39, 0.29) is 18.1 Å². The van der Waals surface area contributed by atoms with Gasteiger partial charge in [-0.2, -0.15) is 0 Å². The molecule has 0 aliphatic carbocycles. The molecule has 1 rings (SSSR count). The lowest BCUT2D eigenvalue weighted by atomic mass is 10.1. The van der Waals surface area contributed by atoms with Gasteiger partial charge in [-0.3, -0.25) is 9.59 Å². The fourth-order valence-corrected chi connectivity index (χ4v) is 1.51. The van der Waals surface area contributed by atoms with E-state index in [2.05, 4.69) is 9.97 Å². The number of aromatic amines is 1. The summed E-state index contributed by atoms with van der Waals surface area (Å²) in [7, 11) is 0. The molecule has 2 N–H and O–H groups in total. The lowest BCUT2D eigenvalue weighted by Crippen LogP contribution is -2.23. The maximum atomic E-state index is 11.7. The first-order valence-electron chi connectivity index (χ1n) is 5.38. The molecule has 0 saturated carbocycles. The van der Waals surface area contributed by atoms with Crippen molar-refractivity contribution in [2.24, 2.45) is 0 Å². The molecule has 0 aliphatic rings. The molecule has 17 heavy (non-hydrogen) atoms. The highest BCUT2D eigenvalue weighted by Crippen LogP contribution is 2.11. The predicted molar refractivity (Wildman–Crippen MR) is 61.0 cm³/mol. The third-order valence-corrected chi connectivity index (χ3v) is 2.37. The van der Waals surface area contributed by atoms with Gasteiger partial charge in [0.1, 0.15) is 11.9 Å². The fraction of sp³-hybridized carbons (Fsp3) is 0.545. The van der Waals surface area contributed by atoms with Gasteiger partial charge in [-0.1, -0.05) is 0 Å². The van der Waals surface area contributed by atoms with Gasteiger partial charge in [0, 0.05) is 17.9 Å². The number of carboxylic acids is 1. The Balaban J connectivity index is 3.09. The van der Waals surface area contributed by atoms with Crippen LogP contribution < -0.4 is 5.56 Å². The van der Waals surface area contributed by atoms with Crippen molar-refractivity contribution in [1.82, 2.24) is 9.97 Å². The number of ether oxygens (including phenoxy) is 1. The zero-order chi connectivity index (χ0) is 13.0. The SMILES string of the molecule is CCOC(C)c1nc(C)c(CC(=O)O)c(=O)[nH]1. The Kier molecular flexibility index (Phi) is 4.39. The average Bonchev–Trinajstić information content (AvgIpc) is 2.23. The van der Waals surface area contributed by atoms with E-state index in [0.29, 0.717) is 18.1 Å². The lowest BCUT2D eigenvalue weighted by molar-refractivity contribution is -0.136. The molecule has 1 atom stereocenters. The second-order valence-corrected chi connectivity index (χ2v) is 3.68. The number of H-pyrrole nitrogens is 1. The standard InChI is InChI=1S/C11H16N2O4/c1-4-17-7(3)10-12-6(2)8(5-9(14)15)11(16)13-10/h7H,4-5H2,1-3H3,(H,14,15)(H,12,13,16). The first-order chi connectivity index (χ1) is 7.95. The third-order valence-electron chi connectivity index (χ3n) is 2.37. The summed E-state index contributed by atoms with van der Waals surface area (Å²) < 4.78 is 5.31. The Morgan fingerprint density at radius 3 is 2.71 bits per heavy atom. The van der Waals surface area contributed by atoms with Crippen molar-refractivity contribution >= 4 is 5.97 Å². The van der Waals surface area contributed by atoms with Crippen molar-refractivity contribution < 1.29 is 14.6 Å². The number of nitrogens with one attached hydrogen (secondary N) is 1. The van der Waals surface area contributed by atoms with Crippen LogP contribution in [0.25, 0.3) is 0 Å². The van der Waals surface area contributed by atoms with Crippen molar-refractivity contribution in [3.63, 3.8) is 0 Å². The Morgan fingerprint density at radius 1 is 1.59 bits per heavy atom. The van der Waals surface area contributed by atoms with Crippen LogP contribution in [0.5, 0.6) is 0 Å². The molecule has 6 nitrogen and oxygen atoms in total. The number of rotatable bonds is 5. The van der Waals surface area contributed by atoms with E-state index in [0.717, 1.165) is 0 Å². The number of hydrogen-bond donors (Lipinski definition) is 2. The zero-order valence-corrected chi connectivity index (χ0v) is 10.1. The number of aliphatic carboxylic acids is 1. The van der Waals surface area contributed by atoms with Crippen molar-refractivity contribution in [3.05, 3.63) is 27.4 Å². The number of nitrogens with zero attached hydrogens (tertiary/aromatic N) is 1. The maximum Gasteiger partial charge on any atom is 0.308 e. The molecule has 0 fully saturated rings. The minimum Gasteiger partial charge on any atom is -0.481 e. The molecule has 0 amide bonds. The number of carbonyl (C=O) groups is 1. The van der Waals surface area contributed by atoms with E-state index in [1.807, 2.05) is 6.92 Å². The van der Waals surface area contributed by atoms with Crippen molar-refractivity contribution in [3.8, 4) is 0 Å². The molecule has 0 aliphatic heterocycles. The lowest BCUT2D eigenvalue weighted by Gasteiger charge is -2.12. The molecule has 1 aromatic heterocycles. The van der Waals surface area contributed by atoms with E-state index in [1.165, 1.54) is 0 Å². The van der Waals surface area contributed by atoms with Gasteiger partial charge in [-0.15, -0.1) is 0 Å². The largest absolute Gasteiger partial charge is 0.481 e. The monoisotopic (exact) mass is 240 g/mol. The summed E-state index contributed by atoms with van der Waals surface area (Å²) >= 11 is 0. The van der Waals surface area contributed by atoms with Crippen molar-refractivity contribution in [2.75, 3.05) is 6.61 Å². The van der Waals surface area contributed by atoms with Gasteiger partial charge in [0.05, 0.1) is 6.42 Å². The van der Waals surface area contributed by atoms with E-state index in [1.54, 1.807) is 13.8 Å². The Bertz CT molecular complexity index is 467. The van der Waals surface area contributed by atoms with E-state index < -0.39 is 11.5 Å². The topological polar surface area (TPSA) is 92.3 Å². The van der Waals surface area contributed by atoms with Crippen LogP contribution in [0.15, 0.2) is 4.79 Å². The third kappa shape index (κ3) is 3.39. The summed E-state index contributed by atoms with van der Waals surface area (Å²) in [5.74, 6) is -0.630. The van der Waals surface area contributed by atoms with Crippen LogP contribution in [-0.4, -0.2) is 27.7 Å². The molecular formula is C11H16N2O4. The maximum absolute atomic E-state index is 11.7. The molecule has 6 heteroatoms. The van der Waals surface area contributed by atoms with Crippen molar-refractivity contribution in [2.45, 2.75) is 33.3 Å². The van der Waals surface area contributed by atoms with Crippen molar-refractivity contribution in [1.29, 1.82) is 0 Å². The average molecular weight is 240 g/mol. The molecule has 94 valence electrons. The number of aromatic nitrogens is 2. The minimum atomic E-state index is -1.05. The summed E-state index contributed by atoms with van der Waals surface area (Å²) in [6, 6.07) is 0. The van der Waals surface area contributed by atoms with E-state index >= 15 is 0 Å². The molecule has 0 spiro atoms. The molecule has 0 aromatic carbocycles. The van der Waals surface area contributed by atoms with E-state index in [4.69, 9.17) is 9.84 Å². The quantitative estimate of drug-likeness (QED) is 0.794. The van der Waals surface area contributed by atoms with Crippen LogP contribution in [0.3, 0.4) is 0 Å². The van der Waals surface area contributed by atoms with Crippen LogP contribution in [0.4, 0.5) is 0 Å². The molecule has 1 aromatic rings. The summed E-state index contributed by atoms with van der Waals surface area (Å²) in [5, 5.41) is 8.67. The summed E-state index contributed by atoms with van der Waals surface area (Å²) in [6.07, 6.45) is -0.637. The summed E-state index contributed by atoms with van der Waals surface area (Å²) in [4.78, 5) is 29.0. The molecule has 0 bridgehead atoms. The molecule has 0 saturated heterocycles. The van der Waals surface area contributed by atoms with Gasteiger partial charge >= 0.3 is 5.97 Å². The summed E-state index contributed by atoms with van der Waals surface area (Å²) in [5.41, 5.74) is 0.198. The highest BCUT2D eigenvalue weighted by Gasteiger charge is 2.14.